The van der Waals surface area contributed by atoms with Crippen molar-refractivity contribution >= 4 is 22.3 Å². The van der Waals surface area contributed by atoms with E-state index in [-0.39, 0.29) is 5.84 Å². The van der Waals surface area contributed by atoms with Crippen molar-refractivity contribution in [3.63, 3.8) is 0 Å². The molecule has 4 N–H and O–H groups in total. The Bertz CT molecular complexity index is 546. The van der Waals surface area contributed by atoms with Gasteiger partial charge in [-0.05, 0) is 23.9 Å². The Balaban J connectivity index is 2.58. The molecule has 0 atom stereocenters. The molecular weight excluding hydrogens is 210 g/mol. The van der Waals surface area contributed by atoms with Crippen LogP contribution in [0.3, 0.4) is 0 Å². The van der Waals surface area contributed by atoms with Crippen molar-refractivity contribution in [2.45, 2.75) is 13.3 Å². The summed E-state index contributed by atoms with van der Waals surface area (Å²) in [7, 11) is 0. The summed E-state index contributed by atoms with van der Waals surface area (Å²) >= 11 is 0. The number of hydrogen-bond acceptors (Lipinski definition) is 2. The molecule has 3 heteroatoms. The number of benzene rings is 2. The van der Waals surface area contributed by atoms with E-state index in [4.69, 9.17) is 11.1 Å². The van der Waals surface area contributed by atoms with Gasteiger partial charge in [-0.3, -0.25) is 5.41 Å². The molecule has 0 aromatic heterocycles. The molecule has 3 nitrogen and oxygen atoms in total. The van der Waals surface area contributed by atoms with E-state index in [0.717, 1.165) is 35.0 Å². The number of nitrogens with two attached hydrogens (primary N) is 1. The SMILES string of the molecule is CCCNc1ccc(C(=N)N)c2ccccc12. The van der Waals surface area contributed by atoms with E-state index in [1.54, 1.807) is 0 Å². The van der Waals surface area contributed by atoms with Crippen molar-refractivity contribution in [2.75, 3.05) is 11.9 Å². The molecular formula is C14H17N3. The van der Waals surface area contributed by atoms with Crippen molar-refractivity contribution in [1.82, 2.24) is 0 Å². The van der Waals surface area contributed by atoms with Crippen LogP contribution in [-0.2, 0) is 0 Å². The molecule has 17 heavy (non-hydrogen) atoms. The molecule has 0 aliphatic heterocycles. The second-order valence-corrected chi connectivity index (χ2v) is 4.05. The summed E-state index contributed by atoms with van der Waals surface area (Å²) in [5, 5.41) is 13.1. The van der Waals surface area contributed by atoms with E-state index >= 15 is 0 Å². The first-order valence-electron chi connectivity index (χ1n) is 5.84. The fourth-order valence-electron chi connectivity index (χ4n) is 1.95. The average molecular weight is 227 g/mol. The molecule has 2 aromatic carbocycles. The van der Waals surface area contributed by atoms with Gasteiger partial charge in [-0.25, -0.2) is 0 Å². The predicted octanol–water partition coefficient (Wildman–Crippen LogP) is 2.95. The van der Waals surface area contributed by atoms with Crippen LogP contribution in [0.15, 0.2) is 36.4 Å². The molecule has 0 unspecified atom stereocenters. The Morgan fingerprint density at radius 3 is 2.53 bits per heavy atom. The van der Waals surface area contributed by atoms with Crippen LogP contribution < -0.4 is 11.1 Å². The molecule has 0 spiro atoms. The van der Waals surface area contributed by atoms with Crippen LogP contribution in [0.1, 0.15) is 18.9 Å². The largest absolute Gasteiger partial charge is 0.385 e. The van der Waals surface area contributed by atoms with E-state index in [1.807, 2.05) is 30.3 Å². The van der Waals surface area contributed by atoms with Crippen molar-refractivity contribution < 1.29 is 0 Å². The van der Waals surface area contributed by atoms with Crippen LogP contribution in [0.4, 0.5) is 5.69 Å². The fourth-order valence-corrected chi connectivity index (χ4v) is 1.95. The predicted molar refractivity (Wildman–Crippen MR) is 73.7 cm³/mol. The molecule has 0 amide bonds. The maximum atomic E-state index is 7.58. The molecule has 0 fully saturated rings. The van der Waals surface area contributed by atoms with Gasteiger partial charge in [0.25, 0.3) is 0 Å². The molecule has 0 saturated heterocycles. The molecule has 88 valence electrons. The number of hydrogen-bond donors (Lipinski definition) is 3. The number of anilines is 1. The lowest BCUT2D eigenvalue weighted by Crippen LogP contribution is -2.12. The van der Waals surface area contributed by atoms with E-state index in [0.29, 0.717) is 0 Å². The second-order valence-electron chi connectivity index (χ2n) is 4.05. The molecule has 2 rings (SSSR count). The van der Waals surface area contributed by atoms with E-state index in [9.17, 15) is 0 Å². The standard InChI is InChI=1S/C14H17N3/c1-2-9-17-13-8-7-12(14(15)16)10-5-3-4-6-11(10)13/h3-8,17H,2,9H2,1H3,(H3,15,16). The number of nitrogens with one attached hydrogen (secondary N) is 2. The lowest BCUT2D eigenvalue weighted by Gasteiger charge is -2.11. The summed E-state index contributed by atoms with van der Waals surface area (Å²) in [6.07, 6.45) is 1.09. The molecule has 0 aliphatic carbocycles. The minimum Gasteiger partial charge on any atom is -0.385 e. The lowest BCUT2D eigenvalue weighted by atomic mass is 10.0. The first-order chi connectivity index (χ1) is 8.24. The summed E-state index contributed by atoms with van der Waals surface area (Å²) < 4.78 is 0. The highest BCUT2D eigenvalue weighted by Crippen LogP contribution is 2.26. The van der Waals surface area contributed by atoms with Gasteiger partial charge in [0.05, 0.1) is 0 Å². The highest BCUT2D eigenvalue weighted by molar-refractivity contribution is 6.10. The Hall–Kier alpha value is -2.03. The average Bonchev–Trinajstić information content (AvgIpc) is 2.35. The highest BCUT2D eigenvalue weighted by atomic mass is 14.9. The normalized spacial score (nSPS) is 10.4. The first-order valence-corrected chi connectivity index (χ1v) is 5.84. The zero-order valence-corrected chi connectivity index (χ0v) is 9.96. The van der Waals surface area contributed by atoms with Crippen LogP contribution in [0, 0.1) is 5.41 Å². The quantitative estimate of drug-likeness (QED) is 0.555. The Kier molecular flexibility index (Phi) is 3.28. The van der Waals surface area contributed by atoms with E-state index in [2.05, 4.69) is 18.3 Å². The monoisotopic (exact) mass is 227 g/mol. The van der Waals surface area contributed by atoms with Crippen molar-refractivity contribution in [1.29, 1.82) is 5.41 Å². The van der Waals surface area contributed by atoms with Gasteiger partial charge in [0.15, 0.2) is 0 Å². The van der Waals surface area contributed by atoms with Crippen LogP contribution >= 0.6 is 0 Å². The third kappa shape index (κ3) is 2.23. The van der Waals surface area contributed by atoms with Gasteiger partial charge < -0.3 is 11.1 Å². The Morgan fingerprint density at radius 2 is 1.88 bits per heavy atom. The lowest BCUT2D eigenvalue weighted by molar-refractivity contribution is 0.981. The van der Waals surface area contributed by atoms with Gasteiger partial charge in [-0.1, -0.05) is 31.2 Å². The molecule has 2 aromatic rings. The van der Waals surface area contributed by atoms with Gasteiger partial charge in [-0.15, -0.1) is 0 Å². The molecule has 0 aliphatic rings. The van der Waals surface area contributed by atoms with Gasteiger partial charge in [0.1, 0.15) is 5.84 Å². The van der Waals surface area contributed by atoms with Crippen LogP contribution in [0.2, 0.25) is 0 Å². The minimum atomic E-state index is 0.114. The van der Waals surface area contributed by atoms with Gasteiger partial charge in [-0.2, -0.15) is 0 Å². The number of rotatable bonds is 4. The Morgan fingerprint density at radius 1 is 1.18 bits per heavy atom. The van der Waals surface area contributed by atoms with Gasteiger partial charge in [0.2, 0.25) is 0 Å². The molecule has 0 saturated carbocycles. The molecule has 0 bridgehead atoms. The zero-order chi connectivity index (χ0) is 12.3. The summed E-state index contributed by atoms with van der Waals surface area (Å²) in [6, 6.07) is 11.9. The Labute approximate surface area is 101 Å². The number of amidine groups is 1. The van der Waals surface area contributed by atoms with E-state index in [1.165, 1.54) is 0 Å². The number of nitrogen functional groups attached to an aromatic ring is 1. The van der Waals surface area contributed by atoms with Crippen LogP contribution in [0.25, 0.3) is 10.8 Å². The van der Waals surface area contributed by atoms with Crippen LogP contribution in [0.5, 0.6) is 0 Å². The third-order valence-electron chi connectivity index (χ3n) is 2.78. The first kappa shape index (κ1) is 11.5. The summed E-state index contributed by atoms with van der Waals surface area (Å²) in [6.45, 7) is 3.09. The van der Waals surface area contributed by atoms with Crippen molar-refractivity contribution in [2.24, 2.45) is 5.73 Å². The molecule has 0 radical (unpaired) electrons. The summed E-state index contributed by atoms with van der Waals surface area (Å²) in [4.78, 5) is 0. The number of fused-ring (bicyclic) bond motifs is 1. The van der Waals surface area contributed by atoms with Crippen molar-refractivity contribution in [3.05, 3.63) is 42.0 Å². The maximum absolute atomic E-state index is 7.58. The van der Waals surface area contributed by atoms with Gasteiger partial charge in [0, 0.05) is 23.2 Å². The van der Waals surface area contributed by atoms with Crippen LogP contribution in [-0.4, -0.2) is 12.4 Å². The van der Waals surface area contributed by atoms with Crippen molar-refractivity contribution in [3.8, 4) is 0 Å². The molecule has 0 heterocycles. The summed E-state index contributed by atoms with van der Waals surface area (Å²) in [5.41, 5.74) is 7.49. The maximum Gasteiger partial charge on any atom is 0.123 e. The second kappa shape index (κ2) is 4.87. The zero-order valence-electron chi connectivity index (χ0n) is 9.96. The minimum absolute atomic E-state index is 0.114. The van der Waals surface area contributed by atoms with Gasteiger partial charge >= 0.3 is 0 Å². The highest BCUT2D eigenvalue weighted by Gasteiger charge is 2.06. The smallest absolute Gasteiger partial charge is 0.123 e. The summed E-state index contributed by atoms with van der Waals surface area (Å²) in [5.74, 6) is 0.114. The fraction of sp³-hybridized carbons (Fsp3) is 0.214. The third-order valence-corrected chi connectivity index (χ3v) is 2.78. The topological polar surface area (TPSA) is 61.9 Å². The van der Waals surface area contributed by atoms with E-state index < -0.39 is 0 Å².